The maximum absolute atomic E-state index is 5.41. The van der Waals surface area contributed by atoms with Crippen molar-refractivity contribution in [2.45, 2.75) is 32.7 Å². The van der Waals surface area contributed by atoms with Crippen molar-refractivity contribution >= 4 is 41.3 Å². The van der Waals surface area contributed by atoms with Crippen molar-refractivity contribution in [2.75, 3.05) is 33.9 Å². The molecule has 0 aromatic carbocycles. The molecular weight excluding hydrogens is 411 g/mol. The summed E-state index contributed by atoms with van der Waals surface area (Å²) in [5.41, 5.74) is 1.08. The quantitative estimate of drug-likeness (QED) is 0.437. The highest BCUT2D eigenvalue weighted by atomic mass is 127. The zero-order valence-electron chi connectivity index (χ0n) is 13.7. The normalized spacial score (nSPS) is 16.2. The summed E-state index contributed by atoms with van der Waals surface area (Å²) in [5.74, 6) is 1.73. The van der Waals surface area contributed by atoms with Gasteiger partial charge in [-0.2, -0.15) is 0 Å². The summed E-state index contributed by atoms with van der Waals surface area (Å²) in [6, 6.07) is 0. The van der Waals surface area contributed by atoms with Gasteiger partial charge in [0.1, 0.15) is 5.01 Å². The van der Waals surface area contributed by atoms with Crippen LogP contribution in [0.1, 0.15) is 30.0 Å². The molecule has 1 aromatic rings. The molecule has 0 spiro atoms. The fourth-order valence-electron chi connectivity index (χ4n) is 2.54. The summed E-state index contributed by atoms with van der Waals surface area (Å²) in [6.07, 6.45) is 3.59. The van der Waals surface area contributed by atoms with Crippen LogP contribution in [0.4, 0.5) is 0 Å². The molecule has 1 fully saturated rings. The third-order valence-corrected chi connectivity index (χ3v) is 4.82. The minimum Gasteiger partial charge on any atom is -0.381 e. The average Bonchev–Trinajstić information content (AvgIpc) is 2.92. The van der Waals surface area contributed by atoms with Crippen LogP contribution < -0.4 is 5.32 Å². The zero-order chi connectivity index (χ0) is 15.1. The molecule has 2 heterocycles. The minimum absolute atomic E-state index is 0. The topological polar surface area (TPSA) is 49.8 Å². The summed E-state index contributed by atoms with van der Waals surface area (Å²) in [7, 11) is 3.93. The lowest BCUT2D eigenvalue weighted by atomic mass is 9.96. The van der Waals surface area contributed by atoms with Crippen LogP contribution in [0.2, 0.25) is 0 Å². The molecule has 22 heavy (non-hydrogen) atoms. The van der Waals surface area contributed by atoms with Gasteiger partial charge in [-0.3, -0.25) is 4.99 Å². The summed E-state index contributed by atoms with van der Waals surface area (Å²) in [6.45, 7) is 5.64. The Morgan fingerprint density at radius 1 is 1.50 bits per heavy atom. The van der Waals surface area contributed by atoms with Gasteiger partial charge in [0.15, 0.2) is 5.96 Å². The van der Waals surface area contributed by atoms with Crippen molar-refractivity contribution in [3.05, 3.63) is 16.1 Å². The molecule has 1 aliphatic rings. The lowest BCUT2D eigenvalue weighted by Crippen LogP contribution is -2.39. The Hall–Kier alpha value is -0.410. The highest BCUT2D eigenvalue weighted by Gasteiger charge is 2.15. The number of hydrogen-bond acceptors (Lipinski definition) is 4. The van der Waals surface area contributed by atoms with Crippen LogP contribution in [0.3, 0.4) is 0 Å². The first-order valence-electron chi connectivity index (χ1n) is 7.59. The first-order valence-corrected chi connectivity index (χ1v) is 8.47. The molecule has 0 amide bonds. The van der Waals surface area contributed by atoms with Crippen molar-refractivity contribution in [1.29, 1.82) is 0 Å². The first kappa shape index (κ1) is 19.6. The molecule has 0 atom stereocenters. The Morgan fingerprint density at radius 2 is 2.23 bits per heavy atom. The Morgan fingerprint density at radius 3 is 2.82 bits per heavy atom. The Balaban J connectivity index is 0.00000242. The van der Waals surface area contributed by atoms with Gasteiger partial charge in [0.2, 0.25) is 0 Å². The lowest BCUT2D eigenvalue weighted by molar-refractivity contribution is 0.0625. The van der Waals surface area contributed by atoms with E-state index in [1.807, 2.05) is 14.0 Å². The number of rotatable bonds is 5. The maximum Gasteiger partial charge on any atom is 0.193 e. The van der Waals surface area contributed by atoms with E-state index >= 15 is 0 Å². The maximum atomic E-state index is 5.41. The van der Waals surface area contributed by atoms with Crippen LogP contribution in [-0.4, -0.2) is 49.7 Å². The second kappa shape index (κ2) is 10.4. The molecule has 0 unspecified atom stereocenters. The van der Waals surface area contributed by atoms with Crippen molar-refractivity contribution in [3.8, 4) is 0 Å². The molecule has 1 aliphatic heterocycles. The summed E-state index contributed by atoms with van der Waals surface area (Å²) in [5, 5.41) is 6.57. The van der Waals surface area contributed by atoms with Crippen LogP contribution in [0.25, 0.3) is 0 Å². The molecule has 126 valence electrons. The van der Waals surface area contributed by atoms with Gasteiger partial charge in [-0.05, 0) is 32.1 Å². The summed E-state index contributed by atoms with van der Waals surface area (Å²) >= 11 is 1.69. The number of aromatic nitrogens is 1. The number of nitrogens with zero attached hydrogens (tertiary/aromatic N) is 3. The fourth-order valence-corrected chi connectivity index (χ4v) is 3.25. The van der Waals surface area contributed by atoms with E-state index in [4.69, 9.17) is 4.74 Å². The standard InChI is InChI=1S/C15H26N4OS.HI/c1-12-11-21-14(18-12)10-17-15(16-2)19(3)7-4-13-5-8-20-9-6-13;/h11,13H,4-10H2,1-3H3,(H,16,17);1H. The van der Waals surface area contributed by atoms with E-state index in [2.05, 4.69) is 32.6 Å². The Kier molecular flexibility index (Phi) is 9.27. The summed E-state index contributed by atoms with van der Waals surface area (Å²) < 4.78 is 5.41. The SMILES string of the molecule is CN=C(NCc1nc(C)cs1)N(C)CCC1CCOCC1.I. The largest absolute Gasteiger partial charge is 0.381 e. The second-order valence-corrected chi connectivity index (χ2v) is 6.49. The van der Waals surface area contributed by atoms with E-state index < -0.39 is 0 Å². The molecule has 1 N–H and O–H groups in total. The van der Waals surface area contributed by atoms with Crippen LogP contribution in [0.15, 0.2) is 10.4 Å². The third kappa shape index (κ3) is 6.37. The Labute approximate surface area is 154 Å². The number of ether oxygens (including phenoxy) is 1. The van der Waals surface area contributed by atoms with E-state index in [1.165, 1.54) is 19.3 Å². The molecule has 0 saturated carbocycles. The smallest absolute Gasteiger partial charge is 0.193 e. The van der Waals surface area contributed by atoms with E-state index in [0.29, 0.717) is 0 Å². The van der Waals surface area contributed by atoms with Crippen molar-refractivity contribution < 1.29 is 4.74 Å². The van der Waals surface area contributed by atoms with Crippen LogP contribution in [-0.2, 0) is 11.3 Å². The molecule has 0 bridgehead atoms. The van der Waals surface area contributed by atoms with Gasteiger partial charge in [0.25, 0.3) is 0 Å². The third-order valence-electron chi connectivity index (χ3n) is 3.85. The van der Waals surface area contributed by atoms with E-state index in [1.54, 1.807) is 11.3 Å². The molecular formula is C15H27IN4OS. The summed E-state index contributed by atoms with van der Waals surface area (Å²) in [4.78, 5) is 11.0. The number of hydrogen-bond donors (Lipinski definition) is 1. The van der Waals surface area contributed by atoms with Gasteiger partial charge in [0, 0.05) is 44.9 Å². The van der Waals surface area contributed by atoms with Crippen molar-refractivity contribution in [3.63, 3.8) is 0 Å². The minimum atomic E-state index is 0. The molecule has 7 heteroatoms. The number of nitrogens with one attached hydrogen (secondary N) is 1. The first-order chi connectivity index (χ1) is 10.2. The van der Waals surface area contributed by atoms with Gasteiger partial charge in [-0.1, -0.05) is 0 Å². The lowest BCUT2D eigenvalue weighted by Gasteiger charge is -2.26. The van der Waals surface area contributed by atoms with Crippen LogP contribution in [0.5, 0.6) is 0 Å². The van der Waals surface area contributed by atoms with Crippen molar-refractivity contribution in [2.24, 2.45) is 10.9 Å². The van der Waals surface area contributed by atoms with Crippen molar-refractivity contribution in [1.82, 2.24) is 15.2 Å². The van der Waals surface area contributed by atoms with Crippen LogP contribution >= 0.6 is 35.3 Å². The average molecular weight is 438 g/mol. The predicted molar refractivity (Wildman–Crippen MR) is 103 cm³/mol. The van der Waals surface area contributed by atoms with E-state index in [9.17, 15) is 0 Å². The van der Waals surface area contributed by atoms with Gasteiger partial charge in [-0.15, -0.1) is 35.3 Å². The monoisotopic (exact) mass is 438 g/mol. The molecule has 1 aromatic heterocycles. The number of halogens is 1. The van der Waals surface area contributed by atoms with Gasteiger partial charge in [-0.25, -0.2) is 4.98 Å². The fraction of sp³-hybridized carbons (Fsp3) is 0.733. The molecule has 1 saturated heterocycles. The van der Waals surface area contributed by atoms with Gasteiger partial charge >= 0.3 is 0 Å². The van der Waals surface area contributed by atoms with Gasteiger partial charge < -0.3 is 15.0 Å². The number of aryl methyl sites for hydroxylation is 1. The zero-order valence-corrected chi connectivity index (χ0v) is 16.8. The Bertz CT molecular complexity index is 460. The molecule has 5 nitrogen and oxygen atoms in total. The van der Waals surface area contributed by atoms with E-state index in [0.717, 1.165) is 48.9 Å². The predicted octanol–water partition coefficient (Wildman–Crippen LogP) is 2.89. The second-order valence-electron chi connectivity index (χ2n) is 5.55. The highest BCUT2D eigenvalue weighted by Crippen LogP contribution is 2.18. The van der Waals surface area contributed by atoms with E-state index in [-0.39, 0.29) is 24.0 Å². The molecule has 2 rings (SSSR count). The number of thiazole rings is 1. The van der Waals surface area contributed by atoms with Crippen LogP contribution in [0, 0.1) is 12.8 Å². The highest BCUT2D eigenvalue weighted by molar-refractivity contribution is 14.0. The number of guanidine groups is 1. The molecule has 0 radical (unpaired) electrons. The van der Waals surface area contributed by atoms with Gasteiger partial charge in [0.05, 0.1) is 6.54 Å². The molecule has 0 aliphatic carbocycles. The number of aliphatic imine (C=N–C) groups is 1.